The lowest BCUT2D eigenvalue weighted by molar-refractivity contribution is -0.123. The quantitative estimate of drug-likeness (QED) is 0.865. The van der Waals surface area contributed by atoms with E-state index in [0.717, 1.165) is 32.0 Å². The Morgan fingerprint density at radius 3 is 2.80 bits per heavy atom. The number of nitrogens with zero attached hydrogens (tertiary/aromatic N) is 1. The number of hydrogen-bond acceptors (Lipinski definition) is 3. The molecule has 25 heavy (non-hydrogen) atoms. The third-order valence-electron chi connectivity index (χ3n) is 6.42. The van der Waals surface area contributed by atoms with Crippen molar-refractivity contribution in [1.29, 1.82) is 0 Å². The van der Waals surface area contributed by atoms with Gasteiger partial charge in [-0.3, -0.25) is 9.69 Å². The number of fused-ring (bicyclic) bond motifs is 1. The number of nitrogens with one attached hydrogen (secondary N) is 2. The number of carbonyl (C=O) groups is 1. The first-order valence-electron chi connectivity index (χ1n) is 10.1. The summed E-state index contributed by atoms with van der Waals surface area (Å²) in [5, 5.41) is 6.84. The van der Waals surface area contributed by atoms with Crippen LogP contribution in [-0.2, 0) is 11.3 Å². The monoisotopic (exact) mass is 341 g/mol. The fraction of sp³-hybridized carbons (Fsp3) is 0.667. The molecule has 0 bridgehead atoms. The van der Waals surface area contributed by atoms with Crippen LogP contribution in [0.3, 0.4) is 0 Å². The summed E-state index contributed by atoms with van der Waals surface area (Å²) in [5.74, 6) is 0.950. The molecular formula is C21H31N3O. The summed E-state index contributed by atoms with van der Waals surface area (Å²) >= 11 is 0. The standard InChI is InChI=1S/C21H31N3O/c25-21(20-13-17-9-4-5-11-19(17)23-20)22-14-18-10-6-12-24(18)15-16-7-2-1-3-8-16/h1-3,7-8,17-20,23H,4-6,9-15H2,(H,22,25). The van der Waals surface area contributed by atoms with Gasteiger partial charge in [0, 0.05) is 25.2 Å². The predicted molar refractivity (Wildman–Crippen MR) is 100 cm³/mol. The Balaban J connectivity index is 1.26. The first-order chi connectivity index (χ1) is 12.3. The smallest absolute Gasteiger partial charge is 0.237 e. The van der Waals surface area contributed by atoms with Crippen LogP contribution >= 0.6 is 0 Å². The molecule has 0 spiro atoms. The Morgan fingerprint density at radius 1 is 1.12 bits per heavy atom. The number of hydrogen-bond donors (Lipinski definition) is 2. The van der Waals surface area contributed by atoms with Crippen molar-refractivity contribution < 1.29 is 4.79 Å². The van der Waals surface area contributed by atoms with Gasteiger partial charge in [-0.05, 0) is 50.1 Å². The van der Waals surface area contributed by atoms with Crippen LogP contribution in [0.1, 0.15) is 50.5 Å². The molecule has 0 aromatic heterocycles. The van der Waals surface area contributed by atoms with Crippen molar-refractivity contribution in [2.24, 2.45) is 5.92 Å². The van der Waals surface area contributed by atoms with E-state index >= 15 is 0 Å². The summed E-state index contributed by atoms with van der Waals surface area (Å²) in [6, 6.07) is 11.8. The largest absolute Gasteiger partial charge is 0.353 e. The van der Waals surface area contributed by atoms with Gasteiger partial charge in [-0.15, -0.1) is 0 Å². The zero-order chi connectivity index (χ0) is 17.1. The molecule has 4 atom stereocenters. The highest BCUT2D eigenvalue weighted by Gasteiger charge is 2.38. The molecule has 136 valence electrons. The molecular weight excluding hydrogens is 310 g/mol. The van der Waals surface area contributed by atoms with E-state index in [2.05, 4.69) is 45.9 Å². The van der Waals surface area contributed by atoms with Crippen molar-refractivity contribution in [3.63, 3.8) is 0 Å². The molecule has 3 fully saturated rings. The van der Waals surface area contributed by atoms with Crippen LogP contribution in [0.4, 0.5) is 0 Å². The minimum absolute atomic E-state index is 0.0390. The maximum absolute atomic E-state index is 12.6. The summed E-state index contributed by atoms with van der Waals surface area (Å²) in [4.78, 5) is 15.1. The van der Waals surface area contributed by atoms with Gasteiger partial charge in [0.05, 0.1) is 6.04 Å². The Hall–Kier alpha value is -1.39. The van der Waals surface area contributed by atoms with Gasteiger partial charge in [0.15, 0.2) is 0 Å². The van der Waals surface area contributed by atoms with Gasteiger partial charge in [0.1, 0.15) is 0 Å². The average molecular weight is 341 g/mol. The second-order valence-electron chi connectivity index (χ2n) is 8.10. The number of carbonyl (C=O) groups excluding carboxylic acids is 1. The molecule has 4 unspecified atom stereocenters. The maximum Gasteiger partial charge on any atom is 0.237 e. The van der Waals surface area contributed by atoms with Gasteiger partial charge in [-0.1, -0.05) is 43.2 Å². The zero-order valence-corrected chi connectivity index (χ0v) is 15.1. The fourth-order valence-electron chi connectivity index (χ4n) is 5.02. The van der Waals surface area contributed by atoms with E-state index < -0.39 is 0 Å². The molecule has 0 radical (unpaired) electrons. The zero-order valence-electron chi connectivity index (χ0n) is 15.1. The number of likely N-dealkylation sites (tertiary alicyclic amines) is 1. The molecule has 3 aliphatic rings. The predicted octanol–water partition coefficient (Wildman–Crippen LogP) is 2.69. The number of benzene rings is 1. The Kier molecular flexibility index (Phi) is 5.37. The summed E-state index contributed by atoms with van der Waals surface area (Å²) in [6.07, 6.45) is 8.67. The van der Waals surface area contributed by atoms with E-state index in [4.69, 9.17) is 0 Å². The second-order valence-corrected chi connectivity index (χ2v) is 8.10. The summed E-state index contributed by atoms with van der Waals surface area (Å²) in [5.41, 5.74) is 1.36. The first kappa shape index (κ1) is 17.0. The van der Waals surface area contributed by atoms with Gasteiger partial charge in [0.2, 0.25) is 5.91 Å². The SMILES string of the molecule is O=C(NCC1CCCN1Cc1ccccc1)C1CC2CCCCC2N1. The van der Waals surface area contributed by atoms with E-state index in [1.165, 1.54) is 44.1 Å². The molecule has 4 nitrogen and oxygen atoms in total. The molecule has 2 aliphatic heterocycles. The van der Waals surface area contributed by atoms with Crippen LogP contribution in [0, 0.1) is 5.92 Å². The van der Waals surface area contributed by atoms with Gasteiger partial charge < -0.3 is 10.6 Å². The molecule has 1 aromatic rings. The third-order valence-corrected chi connectivity index (χ3v) is 6.42. The highest BCUT2D eigenvalue weighted by atomic mass is 16.2. The lowest BCUT2D eigenvalue weighted by Gasteiger charge is -2.25. The van der Waals surface area contributed by atoms with Crippen molar-refractivity contribution in [3.8, 4) is 0 Å². The van der Waals surface area contributed by atoms with E-state index in [1.807, 2.05) is 0 Å². The molecule has 2 N–H and O–H groups in total. The highest BCUT2D eigenvalue weighted by Crippen LogP contribution is 2.33. The van der Waals surface area contributed by atoms with Crippen LogP contribution in [0.5, 0.6) is 0 Å². The number of rotatable bonds is 5. The van der Waals surface area contributed by atoms with E-state index in [1.54, 1.807) is 0 Å². The Morgan fingerprint density at radius 2 is 1.96 bits per heavy atom. The first-order valence-corrected chi connectivity index (χ1v) is 10.1. The van der Waals surface area contributed by atoms with Gasteiger partial charge in [-0.25, -0.2) is 0 Å². The van der Waals surface area contributed by atoms with Crippen LogP contribution < -0.4 is 10.6 Å². The lowest BCUT2D eigenvalue weighted by Crippen LogP contribution is -2.47. The second kappa shape index (κ2) is 7.88. The minimum Gasteiger partial charge on any atom is -0.353 e. The molecule has 4 rings (SSSR count). The summed E-state index contributed by atoms with van der Waals surface area (Å²) < 4.78 is 0. The Labute approximate surface area is 151 Å². The van der Waals surface area contributed by atoms with Crippen LogP contribution in [0.2, 0.25) is 0 Å². The Bertz CT molecular complexity index is 562. The average Bonchev–Trinajstić information content (AvgIpc) is 3.27. The molecule has 1 saturated carbocycles. The van der Waals surface area contributed by atoms with Crippen LogP contribution in [-0.4, -0.2) is 42.0 Å². The normalized spacial score (nSPS) is 32.5. The maximum atomic E-state index is 12.6. The lowest BCUT2D eigenvalue weighted by atomic mass is 9.85. The van der Waals surface area contributed by atoms with Crippen LogP contribution in [0.25, 0.3) is 0 Å². The molecule has 4 heteroatoms. The van der Waals surface area contributed by atoms with Crippen molar-refractivity contribution in [2.75, 3.05) is 13.1 Å². The molecule has 2 heterocycles. The van der Waals surface area contributed by atoms with Crippen molar-refractivity contribution in [1.82, 2.24) is 15.5 Å². The molecule has 1 aliphatic carbocycles. The van der Waals surface area contributed by atoms with Crippen molar-refractivity contribution in [3.05, 3.63) is 35.9 Å². The summed E-state index contributed by atoms with van der Waals surface area (Å²) in [6.45, 7) is 2.92. The highest BCUT2D eigenvalue weighted by molar-refractivity contribution is 5.82. The molecule has 1 aromatic carbocycles. The van der Waals surface area contributed by atoms with E-state index in [-0.39, 0.29) is 11.9 Å². The van der Waals surface area contributed by atoms with Gasteiger partial charge >= 0.3 is 0 Å². The van der Waals surface area contributed by atoms with Gasteiger partial charge in [0.25, 0.3) is 0 Å². The third kappa shape index (κ3) is 4.06. The van der Waals surface area contributed by atoms with Crippen molar-refractivity contribution in [2.45, 2.75) is 69.6 Å². The number of amides is 1. The topological polar surface area (TPSA) is 44.4 Å². The van der Waals surface area contributed by atoms with E-state index in [9.17, 15) is 4.79 Å². The minimum atomic E-state index is 0.0390. The molecule has 2 saturated heterocycles. The molecule has 1 amide bonds. The van der Waals surface area contributed by atoms with Crippen LogP contribution in [0.15, 0.2) is 30.3 Å². The fourth-order valence-corrected chi connectivity index (χ4v) is 5.02. The van der Waals surface area contributed by atoms with Crippen molar-refractivity contribution >= 4 is 5.91 Å². The van der Waals surface area contributed by atoms with Gasteiger partial charge in [-0.2, -0.15) is 0 Å². The summed E-state index contributed by atoms with van der Waals surface area (Å²) in [7, 11) is 0. The van der Waals surface area contributed by atoms with E-state index in [0.29, 0.717) is 12.1 Å².